The first-order valence-electron chi connectivity index (χ1n) is 8.17. The summed E-state index contributed by atoms with van der Waals surface area (Å²) in [5, 5.41) is 0.235. The van der Waals surface area contributed by atoms with Gasteiger partial charge >= 0.3 is 0 Å². The van der Waals surface area contributed by atoms with E-state index < -0.39 is 20.0 Å². The van der Waals surface area contributed by atoms with Gasteiger partial charge in [-0.3, -0.25) is 9.44 Å². The zero-order valence-corrected chi connectivity index (χ0v) is 18.5. The number of nitrogens with one attached hydrogen (secondary N) is 2. The first-order valence-corrected chi connectivity index (χ1v) is 12.3. The van der Waals surface area contributed by atoms with Gasteiger partial charge in [0.25, 0.3) is 20.0 Å². The number of benzene rings is 2. The van der Waals surface area contributed by atoms with Crippen LogP contribution in [0, 0.1) is 6.92 Å². The van der Waals surface area contributed by atoms with Gasteiger partial charge in [0.05, 0.1) is 28.4 Å². The first kappa shape index (κ1) is 21.4. The molecule has 154 valence electrons. The molecule has 0 saturated carbocycles. The van der Waals surface area contributed by atoms with E-state index in [0.717, 1.165) is 16.2 Å². The third-order valence-electron chi connectivity index (χ3n) is 3.82. The number of methoxy groups -OCH3 is 1. The molecule has 1 aromatic heterocycles. The minimum Gasteiger partial charge on any atom is -0.495 e. The van der Waals surface area contributed by atoms with E-state index in [4.69, 9.17) is 16.3 Å². The molecule has 3 rings (SSSR count). The van der Waals surface area contributed by atoms with Crippen LogP contribution in [0.1, 0.15) is 4.88 Å². The molecule has 0 aliphatic rings. The van der Waals surface area contributed by atoms with Crippen molar-refractivity contribution in [1.29, 1.82) is 0 Å². The fraction of sp³-hybridized carbons (Fsp3) is 0.111. The fourth-order valence-corrected chi connectivity index (χ4v) is 6.12. The maximum absolute atomic E-state index is 12.8. The highest BCUT2D eigenvalue weighted by Crippen LogP contribution is 2.32. The van der Waals surface area contributed by atoms with Gasteiger partial charge in [0.1, 0.15) is 9.96 Å². The molecule has 0 bridgehead atoms. The van der Waals surface area contributed by atoms with Crippen molar-refractivity contribution in [2.75, 3.05) is 16.6 Å². The Balaban J connectivity index is 1.97. The zero-order valence-electron chi connectivity index (χ0n) is 15.3. The Kier molecular flexibility index (Phi) is 6.08. The Bertz CT molecular complexity index is 1250. The predicted molar refractivity (Wildman–Crippen MR) is 115 cm³/mol. The van der Waals surface area contributed by atoms with E-state index in [1.807, 2.05) is 0 Å². The molecule has 2 aromatic carbocycles. The van der Waals surface area contributed by atoms with E-state index >= 15 is 0 Å². The summed E-state index contributed by atoms with van der Waals surface area (Å²) in [6.45, 7) is 1.79. The lowest BCUT2D eigenvalue weighted by Crippen LogP contribution is -2.16. The maximum Gasteiger partial charge on any atom is 0.271 e. The highest BCUT2D eigenvalue weighted by atomic mass is 35.5. The normalized spacial score (nSPS) is 11.8. The molecule has 0 fully saturated rings. The van der Waals surface area contributed by atoms with E-state index in [1.165, 1.54) is 37.4 Å². The second-order valence-electron chi connectivity index (χ2n) is 5.92. The average Bonchev–Trinajstić information content (AvgIpc) is 3.10. The van der Waals surface area contributed by atoms with Gasteiger partial charge in [-0.15, -0.1) is 11.3 Å². The number of rotatable bonds is 7. The van der Waals surface area contributed by atoms with Crippen molar-refractivity contribution in [3.05, 3.63) is 64.5 Å². The number of hydrogen-bond acceptors (Lipinski definition) is 6. The van der Waals surface area contributed by atoms with Crippen LogP contribution in [0.3, 0.4) is 0 Å². The number of ether oxygens (including phenoxy) is 1. The van der Waals surface area contributed by atoms with Gasteiger partial charge in [0, 0.05) is 4.88 Å². The summed E-state index contributed by atoms with van der Waals surface area (Å²) in [6, 6.07) is 13.4. The Labute approximate surface area is 178 Å². The number of thiophene rings is 1. The molecule has 0 radical (unpaired) electrons. The van der Waals surface area contributed by atoms with Crippen LogP contribution in [-0.4, -0.2) is 23.9 Å². The molecular formula is C18H17ClN2O5S3. The second kappa shape index (κ2) is 8.23. The minimum absolute atomic E-state index is 0.000543. The first-order chi connectivity index (χ1) is 13.6. The largest absolute Gasteiger partial charge is 0.495 e. The quantitative estimate of drug-likeness (QED) is 0.533. The standard InChI is InChI=1S/C18H17ClN2O5S3/c1-12-7-10-18(27-12)29(24,25)21-16-11-13(8-9-17(16)26-2)28(22,23)20-15-6-4-3-5-14(15)19/h3-11,20-21H,1-2H3. The van der Waals surface area contributed by atoms with Crippen molar-refractivity contribution in [1.82, 2.24) is 0 Å². The molecule has 7 nitrogen and oxygen atoms in total. The van der Waals surface area contributed by atoms with Crippen molar-refractivity contribution < 1.29 is 21.6 Å². The highest BCUT2D eigenvalue weighted by Gasteiger charge is 2.22. The average molecular weight is 473 g/mol. The second-order valence-corrected chi connectivity index (χ2v) is 11.2. The van der Waals surface area contributed by atoms with Crippen LogP contribution >= 0.6 is 22.9 Å². The number of para-hydroxylation sites is 1. The molecule has 3 aromatic rings. The third-order valence-corrected chi connectivity index (χ3v) is 8.38. The van der Waals surface area contributed by atoms with Crippen molar-refractivity contribution in [3.8, 4) is 5.75 Å². The molecule has 0 aliphatic heterocycles. The molecular weight excluding hydrogens is 456 g/mol. The van der Waals surface area contributed by atoms with Crippen molar-refractivity contribution >= 4 is 54.4 Å². The summed E-state index contributed by atoms with van der Waals surface area (Å²) < 4.78 is 60.9. The molecule has 1 heterocycles. The van der Waals surface area contributed by atoms with Gasteiger partial charge in [0.15, 0.2) is 0 Å². The number of sulfonamides is 2. The molecule has 0 atom stereocenters. The van der Waals surface area contributed by atoms with Crippen LogP contribution < -0.4 is 14.2 Å². The molecule has 0 unspecified atom stereocenters. The zero-order chi connectivity index (χ0) is 21.2. The number of hydrogen-bond donors (Lipinski definition) is 2. The molecule has 0 aliphatic carbocycles. The summed E-state index contributed by atoms with van der Waals surface area (Å²) in [4.78, 5) is 0.677. The molecule has 0 amide bonds. The number of anilines is 2. The minimum atomic E-state index is -4.02. The van der Waals surface area contributed by atoms with Crippen LogP contribution in [0.25, 0.3) is 0 Å². The van der Waals surface area contributed by atoms with Crippen molar-refractivity contribution in [3.63, 3.8) is 0 Å². The maximum atomic E-state index is 12.8. The van der Waals surface area contributed by atoms with E-state index in [-0.39, 0.29) is 31.3 Å². The molecule has 0 saturated heterocycles. The van der Waals surface area contributed by atoms with Gasteiger partial charge in [-0.1, -0.05) is 23.7 Å². The van der Waals surface area contributed by atoms with E-state index in [0.29, 0.717) is 0 Å². The lowest BCUT2D eigenvalue weighted by atomic mass is 10.3. The van der Waals surface area contributed by atoms with Gasteiger partial charge in [0.2, 0.25) is 0 Å². The van der Waals surface area contributed by atoms with Crippen LogP contribution in [0.15, 0.2) is 63.7 Å². The van der Waals surface area contributed by atoms with Crippen LogP contribution in [0.5, 0.6) is 5.75 Å². The fourth-order valence-electron chi connectivity index (χ4n) is 2.43. The highest BCUT2D eigenvalue weighted by molar-refractivity contribution is 7.94. The smallest absolute Gasteiger partial charge is 0.271 e. The van der Waals surface area contributed by atoms with Gasteiger partial charge in [-0.25, -0.2) is 16.8 Å². The molecule has 2 N–H and O–H groups in total. The summed E-state index contributed by atoms with van der Waals surface area (Å²) in [5.74, 6) is 0.179. The predicted octanol–water partition coefficient (Wildman–Crippen LogP) is 4.32. The Morgan fingerprint density at radius 1 is 0.897 bits per heavy atom. The SMILES string of the molecule is COc1ccc(S(=O)(=O)Nc2ccccc2Cl)cc1NS(=O)(=O)c1ccc(C)s1. The monoisotopic (exact) mass is 472 g/mol. The van der Waals surface area contributed by atoms with Gasteiger partial charge in [-0.05, 0) is 49.4 Å². The molecule has 11 heteroatoms. The Morgan fingerprint density at radius 2 is 1.59 bits per heavy atom. The molecule has 0 spiro atoms. The van der Waals surface area contributed by atoms with Gasteiger partial charge in [-0.2, -0.15) is 0 Å². The topological polar surface area (TPSA) is 102 Å². The summed E-state index contributed by atoms with van der Waals surface area (Å²) in [6.07, 6.45) is 0. The van der Waals surface area contributed by atoms with E-state index in [9.17, 15) is 16.8 Å². The summed E-state index contributed by atoms with van der Waals surface area (Å²) in [5.41, 5.74) is 0.210. The van der Waals surface area contributed by atoms with E-state index in [2.05, 4.69) is 9.44 Å². The lowest BCUT2D eigenvalue weighted by Gasteiger charge is -2.14. The third kappa shape index (κ3) is 4.84. The van der Waals surface area contributed by atoms with Gasteiger partial charge < -0.3 is 4.74 Å². The number of halogens is 1. The Morgan fingerprint density at radius 3 is 2.21 bits per heavy atom. The van der Waals surface area contributed by atoms with Crippen LogP contribution in [-0.2, 0) is 20.0 Å². The Hall–Kier alpha value is -2.27. The van der Waals surface area contributed by atoms with Crippen LogP contribution in [0.4, 0.5) is 11.4 Å². The molecule has 29 heavy (non-hydrogen) atoms. The number of aryl methyl sites for hydroxylation is 1. The van der Waals surface area contributed by atoms with E-state index in [1.54, 1.807) is 31.2 Å². The van der Waals surface area contributed by atoms with Crippen molar-refractivity contribution in [2.45, 2.75) is 16.0 Å². The summed E-state index contributed by atoms with van der Waals surface area (Å²) >= 11 is 7.12. The lowest BCUT2D eigenvalue weighted by molar-refractivity contribution is 0.416. The van der Waals surface area contributed by atoms with Crippen LogP contribution in [0.2, 0.25) is 5.02 Å². The summed E-state index contributed by atoms with van der Waals surface area (Å²) in [7, 11) is -6.56. The van der Waals surface area contributed by atoms with Crippen molar-refractivity contribution in [2.24, 2.45) is 0 Å².